The molecule has 19 heavy (non-hydrogen) atoms. The highest BCUT2D eigenvalue weighted by atomic mass is 35.5. The zero-order valence-corrected chi connectivity index (χ0v) is 13.0. The van der Waals surface area contributed by atoms with E-state index in [2.05, 4.69) is 19.6 Å². The predicted octanol–water partition coefficient (Wildman–Crippen LogP) is 4.28. The molecule has 0 spiro atoms. The van der Waals surface area contributed by atoms with Crippen LogP contribution >= 0.6 is 24.2 Å². The van der Waals surface area contributed by atoms with Crippen molar-refractivity contribution in [3.8, 4) is 0 Å². The minimum atomic E-state index is -0.000324. The van der Waals surface area contributed by atoms with Crippen LogP contribution in [0.15, 0.2) is 23.1 Å². The maximum absolute atomic E-state index is 12.6. The van der Waals surface area contributed by atoms with Crippen LogP contribution in [-0.4, -0.2) is 23.9 Å². The van der Waals surface area contributed by atoms with Gasteiger partial charge >= 0.3 is 0 Å². The van der Waals surface area contributed by atoms with Crippen LogP contribution in [0.1, 0.15) is 43.0 Å². The van der Waals surface area contributed by atoms with Crippen LogP contribution < -0.4 is 0 Å². The van der Waals surface area contributed by atoms with E-state index in [1.54, 1.807) is 18.2 Å². The molecule has 0 heterocycles. The lowest BCUT2D eigenvalue weighted by molar-refractivity contribution is 0.0629. The molecule has 2 rings (SSSR count). The fourth-order valence-corrected chi connectivity index (χ4v) is 3.29. The highest BCUT2D eigenvalue weighted by Gasteiger charge is 2.29. The van der Waals surface area contributed by atoms with Gasteiger partial charge in [0.05, 0.1) is 10.6 Å². The van der Waals surface area contributed by atoms with Crippen molar-refractivity contribution in [3.05, 3.63) is 28.8 Å². The Balaban J connectivity index is 2.20. The molecule has 1 aliphatic rings. The van der Waals surface area contributed by atoms with Gasteiger partial charge in [-0.1, -0.05) is 31.4 Å². The second kappa shape index (κ2) is 6.19. The summed E-state index contributed by atoms with van der Waals surface area (Å²) >= 11 is 10.4. The topological polar surface area (TPSA) is 20.3 Å². The summed E-state index contributed by atoms with van der Waals surface area (Å²) in [6.45, 7) is 2.23. The van der Waals surface area contributed by atoms with Gasteiger partial charge in [-0.05, 0) is 37.0 Å². The average Bonchev–Trinajstić information content (AvgIpc) is 2.40. The summed E-state index contributed by atoms with van der Waals surface area (Å²) in [6.07, 6.45) is 4.75. The Morgan fingerprint density at radius 2 is 2.05 bits per heavy atom. The van der Waals surface area contributed by atoms with E-state index < -0.39 is 0 Å². The number of thiol groups is 1. The number of halogens is 1. The fraction of sp³-hybridized carbons (Fsp3) is 0.533. The summed E-state index contributed by atoms with van der Waals surface area (Å²) in [5, 5.41) is 0.498. The van der Waals surface area contributed by atoms with Crippen molar-refractivity contribution in [1.82, 2.24) is 4.90 Å². The number of hydrogen-bond acceptors (Lipinski definition) is 2. The molecule has 1 aromatic rings. The van der Waals surface area contributed by atoms with Crippen LogP contribution in [0.2, 0.25) is 5.02 Å². The van der Waals surface area contributed by atoms with E-state index in [0.29, 0.717) is 22.5 Å². The fourth-order valence-electron chi connectivity index (χ4n) is 2.89. The number of benzene rings is 1. The Kier molecular flexibility index (Phi) is 4.80. The lowest BCUT2D eigenvalue weighted by atomic mass is 9.85. The molecule has 1 aromatic carbocycles. The molecule has 0 N–H and O–H groups in total. The van der Waals surface area contributed by atoms with Gasteiger partial charge in [-0.3, -0.25) is 4.79 Å². The summed E-state index contributed by atoms with van der Waals surface area (Å²) in [6, 6.07) is 5.60. The summed E-state index contributed by atoms with van der Waals surface area (Å²) in [5.41, 5.74) is 0.550. The van der Waals surface area contributed by atoms with E-state index >= 15 is 0 Å². The molecule has 2 unspecified atom stereocenters. The number of nitrogens with zero attached hydrogens (tertiary/aromatic N) is 1. The van der Waals surface area contributed by atoms with Gasteiger partial charge in [-0.2, -0.15) is 0 Å². The molecule has 104 valence electrons. The van der Waals surface area contributed by atoms with E-state index in [9.17, 15) is 4.79 Å². The van der Waals surface area contributed by atoms with E-state index in [-0.39, 0.29) is 5.91 Å². The van der Waals surface area contributed by atoms with Crippen LogP contribution in [0, 0.1) is 5.92 Å². The number of carbonyl (C=O) groups is 1. The Morgan fingerprint density at radius 1 is 1.37 bits per heavy atom. The van der Waals surface area contributed by atoms with E-state index in [4.69, 9.17) is 11.6 Å². The second-order valence-corrected chi connectivity index (χ2v) is 6.33. The summed E-state index contributed by atoms with van der Waals surface area (Å²) in [4.78, 5) is 15.2. The smallest absolute Gasteiger partial charge is 0.255 e. The van der Waals surface area contributed by atoms with Crippen molar-refractivity contribution in [2.75, 3.05) is 7.05 Å². The van der Waals surface area contributed by atoms with Crippen molar-refractivity contribution in [2.45, 2.75) is 43.5 Å². The molecular weight excluding hydrogens is 278 g/mol. The summed E-state index contributed by atoms with van der Waals surface area (Å²) in [7, 11) is 1.89. The zero-order valence-electron chi connectivity index (χ0n) is 11.4. The SMILES string of the molecule is CC1CCCCC1N(C)C(=O)c1cc(S)ccc1Cl. The van der Waals surface area contributed by atoms with Gasteiger partial charge in [-0.15, -0.1) is 12.6 Å². The first kappa shape index (κ1) is 14.7. The Labute approximate surface area is 125 Å². The maximum Gasteiger partial charge on any atom is 0.255 e. The molecule has 1 amide bonds. The first-order chi connectivity index (χ1) is 9.00. The Morgan fingerprint density at radius 3 is 2.74 bits per heavy atom. The highest BCUT2D eigenvalue weighted by molar-refractivity contribution is 7.80. The lowest BCUT2D eigenvalue weighted by Crippen LogP contribution is -2.42. The largest absolute Gasteiger partial charge is 0.338 e. The monoisotopic (exact) mass is 297 g/mol. The molecule has 1 saturated carbocycles. The van der Waals surface area contributed by atoms with Crippen molar-refractivity contribution in [2.24, 2.45) is 5.92 Å². The third-order valence-corrected chi connectivity index (χ3v) is 4.67. The Bertz CT molecular complexity index is 477. The molecule has 0 aliphatic heterocycles. The third-order valence-electron chi connectivity index (χ3n) is 4.06. The van der Waals surface area contributed by atoms with Gasteiger partial charge in [-0.25, -0.2) is 0 Å². The van der Waals surface area contributed by atoms with E-state index in [1.807, 2.05) is 11.9 Å². The first-order valence-corrected chi connectivity index (χ1v) is 7.59. The summed E-state index contributed by atoms with van der Waals surface area (Å²) < 4.78 is 0. The molecule has 0 saturated heterocycles. The zero-order chi connectivity index (χ0) is 14.0. The second-order valence-electron chi connectivity index (χ2n) is 5.41. The van der Waals surface area contributed by atoms with Crippen molar-refractivity contribution in [1.29, 1.82) is 0 Å². The van der Waals surface area contributed by atoms with Crippen LogP contribution in [0.4, 0.5) is 0 Å². The molecule has 1 fully saturated rings. The molecule has 4 heteroatoms. The standard InChI is InChI=1S/C15H20ClNOS/c1-10-5-3-4-6-14(10)17(2)15(18)12-9-11(19)7-8-13(12)16/h7-10,14,19H,3-6H2,1-2H3. The molecule has 2 atom stereocenters. The molecule has 2 nitrogen and oxygen atoms in total. The van der Waals surface area contributed by atoms with Crippen molar-refractivity contribution < 1.29 is 4.79 Å². The average molecular weight is 298 g/mol. The van der Waals surface area contributed by atoms with Crippen molar-refractivity contribution in [3.63, 3.8) is 0 Å². The highest BCUT2D eigenvalue weighted by Crippen LogP contribution is 2.29. The molecule has 0 aromatic heterocycles. The number of amides is 1. The van der Waals surface area contributed by atoms with Gasteiger partial charge in [0.1, 0.15) is 0 Å². The minimum Gasteiger partial charge on any atom is -0.338 e. The van der Waals surface area contributed by atoms with Gasteiger partial charge < -0.3 is 4.90 Å². The van der Waals surface area contributed by atoms with Crippen LogP contribution in [-0.2, 0) is 0 Å². The van der Waals surface area contributed by atoms with Crippen LogP contribution in [0.3, 0.4) is 0 Å². The molecule has 1 aliphatic carbocycles. The summed E-state index contributed by atoms with van der Waals surface area (Å²) in [5.74, 6) is 0.556. The lowest BCUT2D eigenvalue weighted by Gasteiger charge is -2.36. The van der Waals surface area contributed by atoms with Gasteiger partial charge in [0.2, 0.25) is 0 Å². The quantitative estimate of drug-likeness (QED) is 0.808. The normalized spacial score (nSPS) is 23.2. The Hall–Kier alpha value is -0.670. The van der Waals surface area contributed by atoms with Crippen LogP contribution in [0.25, 0.3) is 0 Å². The van der Waals surface area contributed by atoms with Crippen LogP contribution in [0.5, 0.6) is 0 Å². The number of carbonyl (C=O) groups excluding carboxylic acids is 1. The van der Waals surface area contributed by atoms with Gasteiger partial charge in [0.15, 0.2) is 0 Å². The van der Waals surface area contributed by atoms with Gasteiger partial charge in [0, 0.05) is 18.0 Å². The van der Waals surface area contributed by atoms with Crippen molar-refractivity contribution >= 4 is 30.1 Å². The number of hydrogen-bond donors (Lipinski definition) is 1. The van der Waals surface area contributed by atoms with Gasteiger partial charge in [0.25, 0.3) is 5.91 Å². The molecule has 0 radical (unpaired) electrons. The first-order valence-electron chi connectivity index (χ1n) is 6.76. The number of rotatable bonds is 2. The van der Waals surface area contributed by atoms with E-state index in [0.717, 1.165) is 11.3 Å². The molecular formula is C15H20ClNOS. The van der Waals surface area contributed by atoms with E-state index in [1.165, 1.54) is 19.3 Å². The molecule has 0 bridgehead atoms. The maximum atomic E-state index is 12.6. The predicted molar refractivity (Wildman–Crippen MR) is 82.2 cm³/mol. The minimum absolute atomic E-state index is 0.000324. The third kappa shape index (κ3) is 3.26.